The van der Waals surface area contributed by atoms with Gasteiger partial charge in [0.15, 0.2) is 5.78 Å². The Hall–Kier alpha value is -2.46. The highest BCUT2D eigenvalue weighted by atomic mass is 19.1. The molecular formula is C27H33FN2O. The summed E-state index contributed by atoms with van der Waals surface area (Å²) in [7, 11) is 0. The highest BCUT2D eigenvalue weighted by Crippen LogP contribution is 2.30. The molecule has 0 bridgehead atoms. The Morgan fingerprint density at radius 2 is 1.84 bits per heavy atom. The van der Waals surface area contributed by atoms with Crippen LogP contribution in [0.4, 0.5) is 4.39 Å². The predicted molar refractivity (Wildman–Crippen MR) is 125 cm³/mol. The second-order valence-electron chi connectivity index (χ2n) is 9.00. The molecule has 3 aromatic rings. The van der Waals surface area contributed by atoms with Crippen LogP contribution in [0.3, 0.4) is 0 Å². The fourth-order valence-corrected chi connectivity index (χ4v) is 4.97. The quantitative estimate of drug-likeness (QED) is 0.393. The number of carbonyl (C=O) groups is 1. The SMILES string of the molecule is CCCC(CCC)CC(=O)c1ccc2[nH]c3c(c2c1)CN(Cc1ccc(F)cc1)CC3. The Morgan fingerprint density at radius 3 is 2.55 bits per heavy atom. The normalized spacial score (nSPS) is 14.3. The maximum atomic E-state index is 13.2. The highest BCUT2D eigenvalue weighted by Gasteiger charge is 2.22. The fraction of sp³-hybridized carbons (Fsp3) is 0.444. The summed E-state index contributed by atoms with van der Waals surface area (Å²) in [6.07, 6.45) is 6.12. The van der Waals surface area contributed by atoms with E-state index in [2.05, 4.69) is 35.9 Å². The van der Waals surface area contributed by atoms with Crippen LogP contribution in [0, 0.1) is 11.7 Å². The number of nitrogens with one attached hydrogen (secondary N) is 1. The summed E-state index contributed by atoms with van der Waals surface area (Å²) in [5.74, 6) is 0.561. The Kier molecular flexibility index (Phi) is 6.86. The molecule has 0 amide bonds. The van der Waals surface area contributed by atoms with E-state index >= 15 is 0 Å². The van der Waals surface area contributed by atoms with Gasteiger partial charge >= 0.3 is 0 Å². The molecule has 0 aliphatic carbocycles. The minimum Gasteiger partial charge on any atom is -0.358 e. The molecule has 0 fully saturated rings. The molecule has 2 heterocycles. The lowest BCUT2D eigenvalue weighted by Gasteiger charge is -2.27. The van der Waals surface area contributed by atoms with Crippen LogP contribution in [0.1, 0.15) is 73.1 Å². The van der Waals surface area contributed by atoms with Crippen molar-refractivity contribution in [2.75, 3.05) is 6.54 Å². The third kappa shape index (κ3) is 5.07. The molecule has 1 aliphatic rings. The minimum atomic E-state index is -0.196. The molecule has 1 N–H and O–H groups in total. The average Bonchev–Trinajstić information content (AvgIpc) is 3.13. The van der Waals surface area contributed by atoms with Crippen molar-refractivity contribution in [3.8, 4) is 0 Å². The first-order chi connectivity index (χ1) is 15.1. The van der Waals surface area contributed by atoms with Gasteiger partial charge in [-0.05, 0) is 47.4 Å². The summed E-state index contributed by atoms with van der Waals surface area (Å²) in [6, 6.07) is 12.9. The van der Waals surface area contributed by atoms with Crippen molar-refractivity contribution in [3.05, 3.63) is 70.7 Å². The molecule has 0 radical (unpaired) electrons. The fourth-order valence-electron chi connectivity index (χ4n) is 4.97. The number of hydrogen-bond donors (Lipinski definition) is 1. The Bertz CT molecular complexity index is 1030. The van der Waals surface area contributed by atoms with Gasteiger partial charge in [0.25, 0.3) is 0 Å². The number of rotatable bonds is 9. The Balaban J connectivity index is 1.53. The van der Waals surface area contributed by atoms with Crippen molar-refractivity contribution >= 4 is 16.7 Å². The molecule has 1 aliphatic heterocycles. The molecule has 0 atom stereocenters. The lowest BCUT2D eigenvalue weighted by atomic mass is 9.90. The van der Waals surface area contributed by atoms with E-state index in [1.807, 2.05) is 18.2 Å². The maximum Gasteiger partial charge on any atom is 0.163 e. The summed E-state index contributed by atoms with van der Waals surface area (Å²) in [4.78, 5) is 19.0. The summed E-state index contributed by atoms with van der Waals surface area (Å²) in [6.45, 7) is 7.02. The van der Waals surface area contributed by atoms with E-state index in [0.717, 1.165) is 68.4 Å². The van der Waals surface area contributed by atoms with Gasteiger partial charge in [0, 0.05) is 54.6 Å². The van der Waals surface area contributed by atoms with Gasteiger partial charge in [0.2, 0.25) is 0 Å². The van der Waals surface area contributed by atoms with Crippen molar-refractivity contribution in [2.24, 2.45) is 5.92 Å². The monoisotopic (exact) mass is 420 g/mol. The molecule has 4 rings (SSSR count). The zero-order valence-electron chi connectivity index (χ0n) is 18.7. The number of halogens is 1. The Morgan fingerprint density at radius 1 is 1.10 bits per heavy atom. The van der Waals surface area contributed by atoms with E-state index in [4.69, 9.17) is 0 Å². The number of H-pyrrole nitrogens is 1. The third-order valence-corrected chi connectivity index (χ3v) is 6.56. The number of hydrogen-bond acceptors (Lipinski definition) is 2. The van der Waals surface area contributed by atoms with Crippen LogP contribution in [0.5, 0.6) is 0 Å². The third-order valence-electron chi connectivity index (χ3n) is 6.56. The molecule has 0 saturated carbocycles. The number of aromatic nitrogens is 1. The van der Waals surface area contributed by atoms with E-state index < -0.39 is 0 Å². The number of nitrogens with zero attached hydrogens (tertiary/aromatic N) is 1. The van der Waals surface area contributed by atoms with E-state index in [0.29, 0.717) is 12.3 Å². The molecule has 4 heteroatoms. The molecule has 2 aromatic carbocycles. The van der Waals surface area contributed by atoms with E-state index in [-0.39, 0.29) is 11.6 Å². The van der Waals surface area contributed by atoms with Crippen LogP contribution in [0.15, 0.2) is 42.5 Å². The van der Waals surface area contributed by atoms with Crippen LogP contribution < -0.4 is 0 Å². The second kappa shape index (κ2) is 9.78. The summed E-state index contributed by atoms with van der Waals surface area (Å²) >= 11 is 0. The second-order valence-corrected chi connectivity index (χ2v) is 9.00. The molecule has 31 heavy (non-hydrogen) atoms. The molecule has 0 unspecified atom stereocenters. The van der Waals surface area contributed by atoms with Gasteiger partial charge in [-0.25, -0.2) is 4.39 Å². The first-order valence-electron chi connectivity index (χ1n) is 11.7. The smallest absolute Gasteiger partial charge is 0.163 e. The zero-order chi connectivity index (χ0) is 21.8. The van der Waals surface area contributed by atoms with Crippen LogP contribution in [0.2, 0.25) is 0 Å². The van der Waals surface area contributed by atoms with Gasteiger partial charge in [-0.1, -0.05) is 51.7 Å². The van der Waals surface area contributed by atoms with Crippen molar-refractivity contribution in [1.82, 2.24) is 9.88 Å². The lowest BCUT2D eigenvalue weighted by molar-refractivity contribution is 0.0956. The van der Waals surface area contributed by atoms with E-state index in [1.165, 1.54) is 28.8 Å². The molecule has 0 saturated heterocycles. The van der Waals surface area contributed by atoms with Crippen LogP contribution in [-0.2, 0) is 19.5 Å². The number of fused-ring (bicyclic) bond motifs is 3. The van der Waals surface area contributed by atoms with Gasteiger partial charge in [0.1, 0.15) is 5.82 Å². The van der Waals surface area contributed by atoms with Crippen LogP contribution in [0.25, 0.3) is 10.9 Å². The molecule has 3 nitrogen and oxygen atoms in total. The maximum absolute atomic E-state index is 13.2. The van der Waals surface area contributed by atoms with Crippen molar-refractivity contribution in [1.29, 1.82) is 0 Å². The number of aromatic amines is 1. The lowest BCUT2D eigenvalue weighted by Crippen LogP contribution is -2.29. The first kappa shape index (κ1) is 21.8. The standard InChI is InChI=1S/C27H33FN2O/c1-3-5-19(6-4-2)15-27(31)21-9-12-25-23(16-21)24-18-30(14-13-26(24)29-25)17-20-7-10-22(28)11-8-20/h7-12,16,19,29H,3-6,13-15,17-18H2,1-2H3. The molecule has 1 aromatic heterocycles. The predicted octanol–water partition coefficient (Wildman–Crippen LogP) is 6.65. The minimum absolute atomic E-state index is 0.196. The highest BCUT2D eigenvalue weighted by molar-refractivity contribution is 6.00. The number of ketones is 1. The van der Waals surface area contributed by atoms with Crippen LogP contribution >= 0.6 is 0 Å². The molecule has 164 valence electrons. The topological polar surface area (TPSA) is 36.1 Å². The van der Waals surface area contributed by atoms with Gasteiger partial charge in [-0.15, -0.1) is 0 Å². The van der Waals surface area contributed by atoms with E-state index in [1.54, 1.807) is 0 Å². The largest absolute Gasteiger partial charge is 0.358 e. The van der Waals surface area contributed by atoms with Crippen molar-refractivity contribution < 1.29 is 9.18 Å². The number of Topliss-reactive ketones (excluding diaryl/α,β-unsaturated/α-hetero) is 1. The van der Waals surface area contributed by atoms with Gasteiger partial charge in [-0.2, -0.15) is 0 Å². The number of carbonyl (C=O) groups excluding carboxylic acids is 1. The van der Waals surface area contributed by atoms with Gasteiger partial charge in [0.05, 0.1) is 0 Å². The Labute approximate surface area is 184 Å². The molecule has 0 spiro atoms. The molecular weight excluding hydrogens is 387 g/mol. The van der Waals surface area contributed by atoms with Crippen LogP contribution in [-0.4, -0.2) is 22.2 Å². The average molecular weight is 421 g/mol. The number of benzene rings is 2. The summed E-state index contributed by atoms with van der Waals surface area (Å²) in [5, 5.41) is 1.17. The van der Waals surface area contributed by atoms with Gasteiger partial charge in [-0.3, -0.25) is 9.69 Å². The van der Waals surface area contributed by atoms with E-state index in [9.17, 15) is 9.18 Å². The van der Waals surface area contributed by atoms with Crippen molar-refractivity contribution in [3.63, 3.8) is 0 Å². The zero-order valence-corrected chi connectivity index (χ0v) is 18.7. The first-order valence-corrected chi connectivity index (χ1v) is 11.7. The summed E-state index contributed by atoms with van der Waals surface area (Å²) in [5.41, 5.74) is 5.66. The van der Waals surface area contributed by atoms with Crippen molar-refractivity contribution in [2.45, 2.75) is 65.5 Å². The van der Waals surface area contributed by atoms with Gasteiger partial charge < -0.3 is 4.98 Å². The summed E-state index contributed by atoms with van der Waals surface area (Å²) < 4.78 is 13.2.